The highest BCUT2D eigenvalue weighted by Gasteiger charge is 2.28. The number of benzene rings is 1. The third-order valence-corrected chi connectivity index (χ3v) is 4.56. The second-order valence-electron chi connectivity index (χ2n) is 5.99. The first kappa shape index (κ1) is 19.1. The molecular formula is C19H18BrN3O4. The van der Waals surface area contributed by atoms with Crippen molar-refractivity contribution in [3.05, 3.63) is 69.6 Å². The van der Waals surface area contributed by atoms with E-state index in [1.54, 1.807) is 12.3 Å². The van der Waals surface area contributed by atoms with Crippen molar-refractivity contribution >= 4 is 27.6 Å². The molecule has 2 aromatic heterocycles. The van der Waals surface area contributed by atoms with Gasteiger partial charge < -0.3 is 14.6 Å². The van der Waals surface area contributed by atoms with Gasteiger partial charge in [0.05, 0.1) is 17.6 Å². The second kappa shape index (κ2) is 7.50. The molecule has 1 unspecified atom stereocenters. The van der Waals surface area contributed by atoms with Crippen LogP contribution in [0.4, 0.5) is 0 Å². The number of imidazole rings is 1. The van der Waals surface area contributed by atoms with Gasteiger partial charge in [0, 0.05) is 22.7 Å². The average molecular weight is 432 g/mol. The standard InChI is InChI=1S/C17H14BrN3O2.C2H4O2/c1-9-10(2)21-13-6-5-11(18)8-12(13)15(14-4-3-7-23-14)20-17(22)16(21)19-9;1-2(3)4/h3-8,17,22H,1-2H3;1H3,(H,3,4). The number of aliphatic imine (C=N–C) groups is 1. The number of halogens is 1. The fourth-order valence-corrected chi connectivity index (χ4v) is 3.23. The molecule has 0 radical (unpaired) electrons. The minimum Gasteiger partial charge on any atom is -0.481 e. The predicted octanol–water partition coefficient (Wildman–Crippen LogP) is 3.78. The van der Waals surface area contributed by atoms with Gasteiger partial charge in [-0.2, -0.15) is 0 Å². The molecule has 0 fully saturated rings. The highest BCUT2D eigenvalue weighted by molar-refractivity contribution is 9.10. The minimum atomic E-state index is -1.05. The van der Waals surface area contributed by atoms with Gasteiger partial charge in [-0.15, -0.1) is 0 Å². The van der Waals surface area contributed by atoms with E-state index in [1.807, 2.05) is 42.7 Å². The van der Waals surface area contributed by atoms with E-state index >= 15 is 0 Å². The number of hydrogen-bond donors (Lipinski definition) is 2. The third-order valence-electron chi connectivity index (χ3n) is 4.06. The molecule has 3 heterocycles. The summed E-state index contributed by atoms with van der Waals surface area (Å²) in [6.07, 6.45) is 0.550. The molecule has 0 amide bonds. The van der Waals surface area contributed by atoms with Gasteiger partial charge in [-0.3, -0.25) is 9.36 Å². The summed E-state index contributed by atoms with van der Waals surface area (Å²) in [4.78, 5) is 18.0. The Bertz CT molecular complexity index is 1020. The summed E-state index contributed by atoms with van der Waals surface area (Å²) in [5.41, 5.74) is 4.28. The van der Waals surface area contributed by atoms with Crippen molar-refractivity contribution in [3.63, 3.8) is 0 Å². The number of furan rings is 1. The second-order valence-corrected chi connectivity index (χ2v) is 6.90. The van der Waals surface area contributed by atoms with E-state index in [-0.39, 0.29) is 0 Å². The molecular weight excluding hydrogens is 414 g/mol. The number of carboxylic acid groups (broad SMARTS) is 1. The van der Waals surface area contributed by atoms with Gasteiger partial charge >= 0.3 is 0 Å². The Kier molecular flexibility index (Phi) is 5.29. The molecule has 1 aliphatic rings. The Morgan fingerprint density at radius 3 is 2.63 bits per heavy atom. The van der Waals surface area contributed by atoms with E-state index in [1.165, 1.54) is 0 Å². The number of nitrogens with zero attached hydrogens (tertiary/aromatic N) is 3. The molecule has 2 N–H and O–H groups in total. The molecule has 0 saturated carbocycles. The van der Waals surface area contributed by atoms with E-state index in [0.29, 0.717) is 17.3 Å². The van der Waals surface area contributed by atoms with E-state index in [4.69, 9.17) is 14.3 Å². The van der Waals surface area contributed by atoms with Crippen molar-refractivity contribution in [2.75, 3.05) is 0 Å². The highest BCUT2D eigenvalue weighted by atomic mass is 79.9. The third kappa shape index (κ3) is 3.72. The lowest BCUT2D eigenvalue weighted by molar-refractivity contribution is -0.134. The monoisotopic (exact) mass is 431 g/mol. The SMILES string of the molecule is CC(=O)O.Cc1nc2n(c1C)-c1ccc(Br)cc1C(c1ccco1)=NC2O. The molecule has 8 heteroatoms. The van der Waals surface area contributed by atoms with Gasteiger partial charge in [0.25, 0.3) is 5.97 Å². The van der Waals surface area contributed by atoms with Crippen LogP contribution in [0.5, 0.6) is 0 Å². The first-order valence-electron chi connectivity index (χ1n) is 8.15. The van der Waals surface area contributed by atoms with Crippen molar-refractivity contribution < 1.29 is 19.4 Å². The Hall–Kier alpha value is -2.71. The van der Waals surface area contributed by atoms with Crippen LogP contribution in [-0.2, 0) is 4.79 Å². The van der Waals surface area contributed by atoms with Crippen molar-refractivity contribution in [2.45, 2.75) is 27.0 Å². The Labute approximate surface area is 164 Å². The number of rotatable bonds is 1. The van der Waals surface area contributed by atoms with Crippen LogP contribution in [0.1, 0.15) is 41.7 Å². The maximum atomic E-state index is 10.6. The molecule has 1 atom stereocenters. The summed E-state index contributed by atoms with van der Waals surface area (Å²) < 4.78 is 8.41. The van der Waals surface area contributed by atoms with Crippen LogP contribution in [0.15, 0.2) is 50.5 Å². The first-order valence-corrected chi connectivity index (χ1v) is 8.94. The number of fused-ring (bicyclic) bond motifs is 3. The van der Waals surface area contributed by atoms with Gasteiger partial charge in [0.2, 0.25) is 6.23 Å². The van der Waals surface area contributed by atoms with Crippen LogP contribution in [0.25, 0.3) is 5.69 Å². The molecule has 0 spiro atoms. The molecule has 4 rings (SSSR count). The number of carboxylic acids is 1. The molecule has 0 saturated heterocycles. The molecule has 0 aliphatic carbocycles. The van der Waals surface area contributed by atoms with E-state index in [2.05, 4.69) is 25.9 Å². The topological polar surface area (TPSA) is 101 Å². The van der Waals surface area contributed by atoms with Gasteiger partial charge in [0.15, 0.2) is 11.6 Å². The lowest BCUT2D eigenvalue weighted by Crippen LogP contribution is -2.07. The van der Waals surface area contributed by atoms with Crippen LogP contribution in [0.2, 0.25) is 0 Å². The Morgan fingerprint density at radius 2 is 2.00 bits per heavy atom. The summed E-state index contributed by atoms with van der Waals surface area (Å²) >= 11 is 3.51. The Morgan fingerprint density at radius 1 is 1.30 bits per heavy atom. The highest BCUT2D eigenvalue weighted by Crippen LogP contribution is 2.33. The van der Waals surface area contributed by atoms with E-state index < -0.39 is 12.2 Å². The van der Waals surface area contributed by atoms with Gasteiger partial charge in [-0.25, -0.2) is 9.98 Å². The molecule has 7 nitrogen and oxygen atoms in total. The predicted molar refractivity (Wildman–Crippen MR) is 103 cm³/mol. The average Bonchev–Trinajstić information content (AvgIpc) is 3.19. The quantitative estimate of drug-likeness (QED) is 0.610. The number of aliphatic hydroxyl groups is 1. The largest absolute Gasteiger partial charge is 0.481 e. The summed E-state index contributed by atoms with van der Waals surface area (Å²) in [5, 5.41) is 18.0. The molecule has 1 aliphatic heterocycles. The van der Waals surface area contributed by atoms with Crippen molar-refractivity contribution in [1.29, 1.82) is 0 Å². The van der Waals surface area contributed by atoms with Gasteiger partial charge in [-0.05, 0) is 44.2 Å². The summed E-state index contributed by atoms with van der Waals surface area (Å²) in [5.74, 6) is 0.300. The van der Waals surface area contributed by atoms with Crippen molar-refractivity contribution in [3.8, 4) is 5.69 Å². The minimum absolute atomic E-state index is 0.519. The first-order chi connectivity index (χ1) is 12.8. The van der Waals surface area contributed by atoms with Crippen LogP contribution in [0, 0.1) is 13.8 Å². The van der Waals surface area contributed by atoms with Crippen LogP contribution >= 0.6 is 15.9 Å². The maximum absolute atomic E-state index is 10.6. The smallest absolute Gasteiger partial charge is 0.300 e. The zero-order chi connectivity index (χ0) is 19.7. The number of carbonyl (C=O) groups is 1. The summed E-state index contributed by atoms with van der Waals surface area (Å²) in [6.45, 7) is 5.00. The Balaban J connectivity index is 0.000000481. The lowest BCUT2D eigenvalue weighted by atomic mass is 10.1. The normalized spacial score (nSPS) is 15.0. The molecule has 0 bridgehead atoms. The fourth-order valence-electron chi connectivity index (χ4n) is 2.87. The maximum Gasteiger partial charge on any atom is 0.300 e. The number of aryl methyl sites for hydroxylation is 1. The molecule has 3 aromatic rings. The van der Waals surface area contributed by atoms with Crippen LogP contribution < -0.4 is 0 Å². The fraction of sp³-hybridized carbons (Fsp3) is 0.211. The summed E-state index contributed by atoms with van der Waals surface area (Å²) in [6, 6.07) is 9.58. The zero-order valence-electron chi connectivity index (χ0n) is 15.0. The summed E-state index contributed by atoms with van der Waals surface area (Å²) in [7, 11) is 0. The number of aliphatic carboxylic acids is 1. The van der Waals surface area contributed by atoms with Gasteiger partial charge in [0.1, 0.15) is 5.71 Å². The van der Waals surface area contributed by atoms with Gasteiger partial charge in [-0.1, -0.05) is 15.9 Å². The number of aromatic nitrogens is 2. The number of hydrogen-bond acceptors (Lipinski definition) is 5. The van der Waals surface area contributed by atoms with E-state index in [9.17, 15) is 5.11 Å². The molecule has 27 heavy (non-hydrogen) atoms. The lowest BCUT2D eigenvalue weighted by Gasteiger charge is -2.13. The van der Waals surface area contributed by atoms with Crippen molar-refractivity contribution in [1.82, 2.24) is 9.55 Å². The van der Waals surface area contributed by atoms with Crippen LogP contribution in [0.3, 0.4) is 0 Å². The molecule has 1 aromatic carbocycles. The van der Waals surface area contributed by atoms with E-state index in [0.717, 1.165) is 34.0 Å². The van der Waals surface area contributed by atoms with Crippen molar-refractivity contribution in [2.24, 2.45) is 4.99 Å². The molecule has 140 valence electrons. The van der Waals surface area contributed by atoms with Crippen LogP contribution in [-0.4, -0.2) is 31.4 Å². The number of aliphatic hydroxyl groups excluding tert-OH is 1. The zero-order valence-corrected chi connectivity index (χ0v) is 16.6.